The van der Waals surface area contributed by atoms with Crippen molar-refractivity contribution in [1.82, 2.24) is 5.32 Å². The smallest absolute Gasteiger partial charge is 0.219 e. The van der Waals surface area contributed by atoms with Crippen LogP contribution in [0.3, 0.4) is 0 Å². The molecule has 1 amide bonds. The quantitative estimate of drug-likeness (QED) is 0.803. The van der Waals surface area contributed by atoms with Crippen molar-refractivity contribution in [1.29, 1.82) is 0 Å². The number of amides is 1. The van der Waals surface area contributed by atoms with Crippen molar-refractivity contribution in [3.05, 3.63) is 0 Å². The largest absolute Gasteiger partial charge is 0.370 e. The molecular formula is C12H21N3OS. The minimum absolute atomic E-state index is 0.261. The van der Waals surface area contributed by atoms with E-state index in [1.54, 1.807) is 0 Å². The van der Waals surface area contributed by atoms with Crippen molar-refractivity contribution in [2.24, 2.45) is 16.1 Å². The summed E-state index contributed by atoms with van der Waals surface area (Å²) < 4.78 is 0. The number of aliphatic imine (C=N–C) groups is 1. The van der Waals surface area contributed by atoms with Crippen molar-refractivity contribution >= 4 is 22.8 Å². The highest BCUT2D eigenvalue weighted by atomic mass is 32.2. The molecule has 1 fully saturated rings. The number of amidine groups is 1. The molecule has 0 bridgehead atoms. The first-order valence-corrected chi connectivity index (χ1v) is 7.38. The monoisotopic (exact) mass is 255 g/mol. The Morgan fingerprint density at radius 2 is 2.18 bits per heavy atom. The van der Waals surface area contributed by atoms with Crippen molar-refractivity contribution in [3.63, 3.8) is 0 Å². The molecule has 4 nitrogen and oxygen atoms in total. The average Bonchev–Trinajstić information content (AvgIpc) is 2.33. The van der Waals surface area contributed by atoms with Crippen LogP contribution in [0.1, 0.15) is 38.5 Å². The first kappa shape index (κ1) is 12.7. The molecular weight excluding hydrogens is 234 g/mol. The van der Waals surface area contributed by atoms with Gasteiger partial charge in [0.05, 0.1) is 0 Å². The average molecular weight is 255 g/mol. The number of thioether (sulfide) groups is 1. The third-order valence-corrected chi connectivity index (χ3v) is 4.94. The lowest BCUT2D eigenvalue weighted by molar-refractivity contribution is -0.117. The van der Waals surface area contributed by atoms with Crippen LogP contribution in [-0.2, 0) is 4.79 Å². The van der Waals surface area contributed by atoms with E-state index in [-0.39, 0.29) is 5.91 Å². The van der Waals surface area contributed by atoms with E-state index in [0.717, 1.165) is 11.7 Å². The summed E-state index contributed by atoms with van der Waals surface area (Å²) in [4.78, 5) is 15.2. The lowest BCUT2D eigenvalue weighted by Gasteiger charge is -2.38. The summed E-state index contributed by atoms with van der Waals surface area (Å²) in [6.45, 7) is 1.56. The molecule has 0 unspecified atom stereocenters. The van der Waals surface area contributed by atoms with Crippen molar-refractivity contribution in [2.75, 3.05) is 18.8 Å². The zero-order valence-electron chi connectivity index (χ0n) is 10.2. The molecule has 2 rings (SSSR count). The van der Waals surface area contributed by atoms with Gasteiger partial charge in [-0.15, -0.1) is 0 Å². The fourth-order valence-electron chi connectivity index (χ4n) is 2.56. The summed E-state index contributed by atoms with van der Waals surface area (Å²) in [6.07, 6.45) is 7.15. The van der Waals surface area contributed by atoms with Crippen LogP contribution in [0.15, 0.2) is 4.99 Å². The molecule has 3 N–H and O–H groups in total. The molecule has 1 aliphatic carbocycles. The zero-order valence-corrected chi connectivity index (χ0v) is 11.0. The van der Waals surface area contributed by atoms with Gasteiger partial charge in [-0.2, -0.15) is 0 Å². The molecule has 0 aromatic heterocycles. The predicted molar refractivity (Wildman–Crippen MR) is 72.1 cm³/mol. The lowest BCUT2D eigenvalue weighted by Crippen LogP contribution is -2.37. The Labute approximate surface area is 107 Å². The Morgan fingerprint density at radius 1 is 1.41 bits per heavy atom. The van der Waals surface area contributed by atoms with Gasteiger partial charge in [-0.1, -0.05) is 31.0 Å². The summed E-state index contributed by atoms with van der Waals surface area (Å²) in [7, 11) is 0. The van der Waals surface area contributed by atoms with Crippen molar-refractivity contribution in [2.45, 2.75) is 38.5 Å². The topological polar surface area (TPSA) is 67.5 Å². The van der Waals surface area contributed by atoms with Gasteiger partial charge in [-0.25, -0.2) is 0 Å². The normalized spacial score (nSPS) is 23.2. The Bertz CT molecular complexity index is 311. The van der Waals surface area contributed by atoms with E-state index >= 15 is 0 Å². The van der Waals surface area contributed by atoms with Crippen LogP contribution in [0.5, 0.6) is 0 Å². The van der Waals surface area contributed by atoms with Crippen LogP contribution < -0.4 is 11.1 Å². The summed E-state index contributed by atoms with van der Waals surface area (Å²) in [6, 6.07) is 0. The molecule has 0 atom stereocenters. The van der Waals surface area contributed by atoms with E-state index in [1.807, 2.05) is 11.8 Å². The molecule has 0 saturated heterocycles. The fourth-order valence-corrected chi connectivity index (χ4v) is 3.74. The van der Waals surface area contributed by atoms with Gasteiger partial charge in [-0.05, 0) is 18.3 Å². The van der Waals surface area contributed by atoms with Gasteiger partial charge in [0.1, 0.15) is 0 Å². The Kier molecular flexibility index (Phi) is 4.31. The van der Waals surface area contributed by atoms with Crippen LogP contribution in [0.2, 0.25) is 0 Å². The minimum atomic E-state index is -0.261. The van der Waals surface area contributed by atoms with Crippen molar-refractivity contribution < 1.29 is 4.79 Å². The van der Waals surface area contributed by atoms with E-state index in [4.69, 9.17) is 5.73 Å². The third-order valence-electron chi connectivity index (χ3n) is 3.63. The first-order valence-electron chi connectivity index (χ1n) is 6.40. The van der Waals surface area contributed by atoms with Gasteiger partial charge in [-0.3, -0.25) is 9.79 Å². The zero-order chi connectivity index (χ0) is 12.1. The number of carbonyl (C=O) groups is 1. The Balaban J connectivity index is 1.78. The maximum absolute atomic E-state index is 10.6. The number of nitrogens with two attached hydrogens (primary N) is 1. The Morgan fingerprint density at radius 3 is 2.76 bits per heavy atom. The van der Waals surface area contributed by atoms with Crippen LogP contribution in [0.25, 0.3) is 0 Å². The van der Waals surface area contributed by atoms with Gasteiger partial charge in [0.25, 0.3) is 0 Å². The van der Waals surface area contributed by atoms with Gasteiger partial charge >= 0.3 is 0 Å². The molecule has 96 valence electrons. The molecule has 1 aliphatic heterocycles. The highest BCUT2D eigenvalue weighted by Crippen LogP contribution is 2.41. The summed E-state index contributed by atoms with van der Waals surface area (Å²) in [5, 5.41) is 4.18. The van der Waals surface area contributed by atoms with Gasteiger partial charge in [0.15, 0.2) is 5.17 Å². The fraction of sp³-hybridized carbons (Fsp3) is 0.833. The highest BCUT2D eigenvalue weighted by molar-refractivity contribution is 8.13. The minimum Gasteiger partial charge on any atom is -0.370 e. The molecule has 1 saturated carbocycles. The molecule has 17 heavy (non-hydrogen) atoms. The predicted octanol–water partition coefficient (Wildman–Crippen LogP) is 1.50. The molecule has 1 heterocycles. The maximum atomic E-state index is 10.6. The molecule has 5 heteroatoms. The van der Waals surface area contributed by atoms with E-state index in [1.165, 1.54) is 37.9 Å². The second kappa shape index (κ2) is 5.76. The number of nitrogens with zero attached hydrogens (tertiary/aromatic N) is 1. The standard InChI is InChI=1S/C12H21N3OS/c13-10(16)4-7-14-11-15-8-12(9-17-11)5-2-1-3-6-12/h1-9H2,(H2,13,16)(H,14,15). The van der Waals surface area contributed by atoms with Crippen LogP contribution in [0.4, 0.5) is 0 Å². The first-order chi connectivity index (χ1) is 8.20. The molecule has 0 aromatic carbocycles. The van der Waals surface area contributed by atoms with Gasteiger partial charge < -0.3 is 11.1 Å². The van der Waals surface area contributed by atoms with Gasteiger partial charge in [0.2, 0.25) is 5.91 Å². The van der Waals surface area contributed by atoms with Crippen LogP contribution in [-0.4, -0.2) is 29.9 Å². The summed E-state index contributed by atoms with van der Waals surface area (Å²) in [5.74, 6) is 0.915. The number of primary amides is 1. The summed E-state index contributed by atoms with van der Waals surface area (Å²) in [5.41, 5.74) is 5.56. The SMILES string of the molecule is NC(=O)CCNC1=NCC2(CCCCC2)CS1. The molecule has 0 radical (unpaired) electrons. The van der Waals surface area contributed by atoms with E-state index in [9.17, 15) is 4.79 Å². The summed E-state index contributed by atoms with van der Waals surface area (Å²) >= 11 is 1.81. The Hall–Kier alpha value is -0.710. The number of hydrogen-bond donors (Lipinski definition) is 2. The van der Waals surface area contributed by atoms with Gasteiger partial charge in [0, 0.05) is 25.3 Å². The number of rotatable bonds is 3. The highest BCUT2D eigenvalue weighted by Gasteiger charge is 2.34. The number of nitrogens with one attached hydrogen (secondary N) is 1. The molecule has 1 spiro atoms. The number of carbonyl (C=O) groups excluding carboxylic acids is 1. The van der Waals surface area contributed by atoms with E-state index in [2.05, 4.69) is 10.3 Å². The van der Waals surface area contributed by atoms with E-state index in [0.29, 0.717) is 18.4 Å². The van der Waals surface area contributed by atoms with Crippen molar-refractivity contribution in [3.8, 4) is 0 Å². The van der Waals surface area contributed by atoms with Crippen LogP contribution >= 0.6 is 11.8 Å². The second-order valence-electron chi connectivity index (χ2n) is 5.11. The molecule has 2 aliphatic rings. The maximum Gasteiger partial charge on any atom is 0.219 e. The van der Waals surface area contributed by atoms with E-state index < -0.39 is 0 Å². The second-order valence-corrected chi connectivity index (χ2v) is 6.08. The van der Waals surface area contributed by atoms with Crippen LogP contribution in [0, 0.1) is 5.41 Å². The lowest BCUT2D eigenvalue weighted by atomic mass is 9.75. The third kappa shape index (κ3) is 3.63. The number of hydrogen-bond acceptors (Lipinski definition) is 4. The molecule has 0 aromatic rings.